The van der Waals surface area contributed by atoms with Gasteiger partial charge in [-0.25, -0.2) is 0 Å². The van der Waals surface area contributed by atoms with Gasteiger partial charge in [0.1, 0.15) is 0 Å². The molecule has 4 rings (SSSR count). The van der Waals surface area contributed by atoms with E-state index in [0.29, 0.717) is 25.9 Å². The molecule has 0 radical (unpaired) electrons. The molecule has 0 aromatic heterocycles. The summed E-state index contributed by atoms with van der Waals surface area (Å²) in [6.45, 7) is 0.860. The molecule has 4 aromatic rings. The van der Waals surface area contributed by atoms with Crippen molar-refractivity contribution in [3.8, 4) is 0 Å². The molecule has 5 nitrogen and oxygen atoms in total. The van der Waals surface area contributed by atoms with E-state index in [2.05, 4.69) is 10.6 Å². The Morgan fingerprint density at radius 2 is 0.800 bits per heavy atom. The largest absolute Gasteiger partial charge is 0.393 e. The first-order valence-corrected chi connectivity index (χ1v) is 14.0. The van der Waals surface area contributed by atoms with Crippen molar-refractivity contribution < 1.29 is 14.7 Å². The Hall–Kier alpha value is -4.22. The van der Waals surface area contributed by atoms with Gasteiger partial charge in [-0.15, -0.1) is 0 Å². The molecule has 206 valence electrons. The third-order valence-corrected chi connectivity index (χ3v) is 7.12. The highest BCUT2D eigenvalue weighted by Crippen LogP contribution is 2.22. The predicted octanol–water partition coefficient (Wildman–Crippen LogP) is 5.48. The van der Waals surface area contributed by atoms with Gasteiger partial charge in [0.2, 0.25) is 11.8 Å². The molecule has 0 spiro atoms. The molecule has 1 unspecified atom stereocenters. The third kappa shape index (κ3) is 9.51. The summed E-state index contributed by atoms with van der Waals surface area (Å²) < 4.78 is 0. The zero-order valence-corrected chi connectivity index (χ0v) is 22.8. The molecular weight excluding hydrogens is 496 g/mol. The van der Waals surface area contributed by atoms with Gasteiger partial charge in [0, 0.05) is 24.9 Å². The van der Waals surface area contributed by atoms with Crippen molar-refractivity contribution in [2.75, 3.05) is 0 Å². The van der Waals surface area contributed by atoms with Crippen LogP contribution in [0.5, 0.6) is 0 Å². The number of aliphatic hydroxyl groups is 1. The SMILES string of the molecule is O=C(NCc1ccccc1)[C@H](Cc1ccccc1)CC(O)C[C@H](Cc1ccccc1)C(=O)NCc1ccccc1. The number of hydrogen-bond donors (Lipinski definition) is 3. The van der Waals surface area contributed by atoms with E-state index in [-0.39, 0.29) is 24.7 Å². The Kier molecular flexibility index (Phi) is 11.1. The van der Waals surface area contributed by atoms with Gasteiger partial charge in [-0.2, -0.15) is 0 Å². The highest BCUT2D eigenvalue weighted by Gasteiger charge is 2.27. The Morgan fingerprint density at radius 1 is 0.500 bits per heavy atom. The Morgan fingerprint density at radius 3 is 1.12 bits per heavy atom. The molecule has 0 aliphatic carbocycles. The number of rotatable bonds is 14. The Bertz CT molecular complexity index is 1190. The molecule has 0 aliphatic rings. The van der Waals surface area contributed by atoms with Gasteiger partial charge >= 0.3 is 0 Å². The monoisotopic (exact) mass is 534 g/mol. The minimum Gasteiger partial charge on any atom is -0.393 e. The predicted molar refractivity (Wildman–Crippen MR) is 159 cm³/mol. The van der Waals surface area contributed by atoms with Gasteiger partial charge in [-0.1, -0.05) is 121 Å². The zero-order valence-electron chi connectivity index (χ0n) is 22.8. The molecule has 0 saturated heterocycles. The third-order valence-electron chi connectivity index (χ3n) is 7.12. The second-order valence-electron chi connectivity index (χ2n) is 10.3. The average molecular weight is 535 g/mol. The minimum atomic E-state index is -0.813. The smallest absolute Gasteiger partial charge is 0.223 e. The van der Waals surface area contributed by atoms with Crippen LogP contribution in [0.3, 0.4) is 0 Å². The van der Waals surface area contributed by atoms with Crippen LogP contribution in [0.1, 0.15) is 35.1 Å². The van der Waals surface area contributed by atoms with E-state index in [0.717, 1.165) is 22.3 Å². The van der Waals surface area contributed by atoms with Crippen molar-refractivity contribution in [1.82, 2.24) is 10.6 Å². The van der Waals surface area contributed by atoms with E-state index in [1.54, 1.807) is 0 Å². The Balaban J connectivity index is 1.43. The molecule has 40 heavy (non-hydrogen) atoms. The number of carbonyl (C=O) groups excluding carboxylic acids is 2. The van der Waals surface area contributed by atoms with Gasteiger partial charge in [-0.3, -0.25) is 9.59 Å². The van der Waals surface area contributed by atoms with Crippen molar-refractivity contribution in [1.29, 1.82) is 0 Å². The summed E-state index contributed by atoms with van der Waals surface area (Å²) >= 11 is 0. The summed E-state index contributed by atoms with van der Waals surface area (Å²) in [6, 6.07) is 39.3. The van der Waals surface area contributed by atoms with Crippen LogP contribution < -0.4 is 10.6 Å². The van der Waals surface area contributed by atoms with Gasteiger partial charge in [0.15, 0.2) is 0 Å². The maximum Gasteiger partial charge on any atom is 0.223 e. The second-order valence-corrected chi connectivity index (χ2v) is 10.3. The maximum atomic E-state index is 13.3. The fraction of sp³-hybridized carbons (Fsp3) is 0.257. The molecule has 4 aromatic carbocycles. The number of amides is 2. The number of carbonyl (C=O) groups is 2. The average Bonchev–Trinajstić information content (AvgIpc) is 3.00. The molecule has 0 bridgehead atoms. The van der Waals surface area contributed by atoms with Crippen LogP contribution in [0.25, 0.3) is 0 Å². The van der Waals surface area contributed by atoms with Crippen LogP contribution in [0, 0.1) is 11.8 Å². The van der Waals surface area contributed by atoms with Gasteiger partial charge in [0.05, 0.1) is 6.10 Å². The highest BCUT2D eigenvalue weighted by atomic mass is 16.3. The van der Waals surface area contributed by atoms with E-state index >= 15 is 0 Å². The fourth-order valence-corrected chi connectivity index (χ4v) is 4.98. The maximum absolute atomic E-state index is 13.3. The van der Waals surface area contributed by atoms with Gasteiger partial charge < -0.3 is 15.7 Å². The minimum absolute atomic E-state index is 0.0973. The summed E-state index contributed by atoms with van der Waals surface area (Å²) in [5.74, 6) is -1.04. The topological polar surface area (TPSA) is 78.4 Å². The summed E-state index contributed by atoms with van der Waals surface area (Å²) in [5.41, 5.74) is 4.12. The van der Waals surface area contributed by atoms with Crippen LogP contribution in [0.2, 0.25) is 0 Å². The second kappa shape index (κ2) is 15.4. The fourth-order valence-electron chi connectivity index (χ4n) is 4.98. The molecule has 3 N–H and O–H groups in total. The molecule has 2 amide bonds. The van der Waals surface area contributed by atoms with E-state index in [9.17, 15) is 14.7 Å². The molecule has 0 heterocycles. The highest BCUT2D eigenvalue weighted by molar-refractivity contribution is 5.80. The van der Waals surface area contributed by atoms with Gasteiger partial charge in [0.25, 0.3) is 0 Å². The molecule has 3 atom stereocenters. The van der Waals surface area contributed by atoms with Crippen molar-refractivity contribution >= 4 is 11.8 Å². The van der Waals surface area contributed by atoms with Gasteiger partial charge in [-0.05, 0) is 47.9 Å². The van der Waals surface area contributed by atoms with Crippen LogP contribution in [0.15, 0.2) is 121 Å². The molecule has 0 fully saturated rings. The van der Waals surface area contributed by atoms with E-state index in [1.165, 1.54) is 0 Å². The Labute approximate surface area is 237 Å². The van der Waals surface area contributed by atoms with Crippen molar-refractivity contribution in [2.24, 2.45) is 11.8 Å². The first kappa shape index (κ1) is 28.8. The van der Waals surface area contributed by atoms with Crippen molar-refractivity contribution in [3.63, 3.8) is 0 Å². The number of aliphatic hydroxyl groups excluding tert-OH is 1. The lowest BCUT2D eigenvalue weighted by Gasteiger charge is -2.24. The summed E-state index contributed by atoms with van der Waals surface area (Å²) in [6.07, 6.45) is 0.761. The number of hydrogen-bond acceptors (Lipinski definition) is 3. The van der Waals surface area contributed by atoms with Crippen LogP contribution in [0.4, 0.5) is 0 Å². The number of benzene rings is 4. The lowest BCUT2D eigenvalue weighted by molar-refractivity contribution is -0.127. The van der Waals surface area contributed by atoms with Crippen LogP contribution in [-0.2, 0) is 35.5 Å². The standard InChI is InChI=1S/C35H38N2O3/c38-33(23-31(21-27-13-5-1-6-14-27)34(39)36-25-29-17-9-3-10-18-29)24-32(22-28-15-7-2-8-16-28)35(40)37-26-30-19-11-4-12-20-30/h1-20,31-33,38H,21-26H2,(H,36,39)(H,37,40)/t31-,32+,33?. The zero-order chi connectivity index (χ0) is 28.0. The van der Waals surface area contributed by atoms with Crippen LogP contribution in [-0.4, -0.2) is 23.0 Å². The quantitative estimate of drug-likeness (QED) is 0.201. The van der Waals surface area contributed by atoms with Crippen molar-refractivity contribution in [2.45, 2.75) is 44.9 Å². The normalized spacial score (nSPS) is 13.1. The van der Waals surface area contributed by atoms with Crippen molar-refractivity contribution in [3.05, 3.63) is 144 Å². The van der Waals surface area contributed by atoms with E-state index in [1.807, 2.05) is 121 Å². The first-order chi connectivity index (χ1) is 19.6. The summed E-state index contributed by atoms with van der Waals surface area (Å²) in [5, 5.41) is 17.4. The lowest BCUT2D eigenvalue weighted by atomic mass is 9.87. The molecule has 0 saturated carbocycles. The molecule has 0 aliphatic heterocycles. The van der Waals surface area contributed by atoms with E-state index < -0.39 is 17.9 Å². The first-order valence-electron chi connectivity index (χ1n) is 14.0. The molecule has 5 heteroatoms. The molecular formula is C35H38N2O3. The number of nitrogens with one attached hydrogen (secondary N) is 2. The van der Waals surface area contributed by atoms with Crippen LogP contribution >= 0.6 is 0 Å². The van der Waals surface area contributed by atoms with E-state index in [4.69, 9.17) is 0 Å². The summed E-state index contributed by atoms with van der Waals surface area (Å²) in [4.78, 5) is 26.6. The summed E-state index contributed by atoms with van der Waals surface area (Å²) in [7, 11) is 0. The lowest BCUT2D eigenvalue weighted by Crippen LogP contribution is -2.37.